The second-order valence-corrected chi connectivity index (χ2v) is 10.2. The van der Waals surface area contributed by atoms with Gasteiger partial charge in [-0.3, -0.25) is 9.59 Å². The number of nitrogens with zero attached hydrogens (tertiary/aromatic N) is 1. The maximum atomic E-state index is 13.4. The van der Waals surface area contributed by atoms with Crippen LogP contribution in [0.2, 0.25) is 0 Å². The van der Waals surface area contributed by atoms with Gasteiger partial charge >= 0.3 is 0 Å². The summed E-state index contributed by atoms with van der Waals surface area (Å²) < 4.78 is 0. The quantitative estimate of drug-likeness (QED) is 0.482. The van der Waals surface area contributed by atoms with Crippen molar-refractivity contribution in [2.24, 2.45) is 0 Å². The molecule has 1 fully saturated rings. The molecule has 4 nitrogen and oxygen atoms in total. The molecule has 1 saturated carbocycles. The van der Waals surface area contributed by atoms with Crippen LogP contribution >= 0.6 is 11.8 Å². The number of carbonyl (C=O) groups is 2. The predicted molar refractivity (Wildman–Crippen MR) is 138 cm³/mol. The van der Waals surface area contributed by atoms with E-state index in [9.17, 15) is 9.59 Å². The van der Waals surface area contributed by atoms with Crippen LogP contribution in [-0.4, -0.2) is 34.6 Å². The van der Waals surface area contributed by atoms with E-state index >= 15 is 0 Å². The lowest BCUT2D eigenvalue weighted by Gasteiger charge is -2.32. The van der Waals surface area contributed by atoms with E-state index in [-0.39, 0.29) is 17.9 Å². The highest BCUT2D eigenvalue weighted by atomic mass is 32.2. The lowest BCUT2D eigenvalue weighted by atomic mass is 9.95. The molecular formula is C28H38N2O2S. The molecular weight excluding hydrogens is 428 g/mol. The summed E-state index contributed by atoms with van der Waals surface area (Å²) in [5.41, 5.74) is 4.74. The highest BCUT2D eigenvalue weighted by Gasteiger charge is 2.30. The van der Waals surface area contributed by atoms with Gasteiger partial charge in [-0.15, -0.1) is 11.8 Å². The van der Waals surface area contributed by atoms with Crippen LogP contribution in [0, 0.1) is 13.8 Å². The first-order valence-corrected chi connectivity index (χ1v) is 13.4. The fourth-order valence-corrected chi connectivity index (χ4v) is 5.44. The highest BCUT2D eigenvalue weighted by molar-refractivity contribution is 7.99. The van der Waals surface area contributed by atoms with Gasteiger partial charge in [-0.05, 0) is 49.8 Å². The lowest BCUT2D eigenvalue weighted by Crippen LogP contribution is -2.52. The summed E-state index contributed by atoms with van der Waals surface area (Å²) in [4.78, 5) is 28.5. The van der Waals surface area contributed by atoms with Crippen molar-refractivity contribution in [3.8, 4) is 0 Å². The fourth-order valence-electron chi connectivity index (χ4n) is 4.46. The van der Waals surface area contributed by atoms with Gasteiger partial charge in [0.1, 0.15) is 6.04 Å². The van der Waals surface area contributed by atoms with E-state index in [0.29, 0.717) is 18.7 Å². The summed E-state index contributed by atoms with van der Waals surface area (Å²) in [5.74, 6) is 1.18. The molecule has 0 aromatic heterocycles. The largest absolute Gasteiger partial charge is 0.352 e. The minimum atomic E-state index is -0.445. The van der Waals surface area contributed by atoms with Gasteiger partial charge in [-0.2, -0.15) is 0 Å². The van der Waals surface area contributed by atoms with Crippen molar-refractivity contribution in [2.45, 2.75) is 83.7 Å². The normalized spacial score (nSPS) is 15.1. The summed E-state index contributed by atoms with van der Waals surface area (Å²) in [6.07, 6.45) is 6.28. The molecule has 0 radical (unpaired) electrons. The van der Waals surface area contributed by atoms with E-state index in [1.54, 1.807) is 16.7 Å². The van der Waals surface area contributed by atoms with Gasteiger partial charge < -0.3 is 10.2 Å². The van der Waals surface area contributed by atoms with Crippen LogP contribution in [-0.2, 0) is 21.9 Å². The minimum absolute atomic E-state index is 0.00577. The summed E-state index contributed by atoms with van der Waals surface area (Å²) in [6, 6.07) is 16.3. The molecule has 0 aliphatic heterocycles. The molecule has 0 spiro atoms. The Morgan fingerprint density at radius 2 is 1.73 bits per heavy atom. The minimum Gasteiger partial charge on any atom is -0.352 e. The molecule has 1 aliphatic carbocycles. The molecule has 0 heterocycles. The number of hydrogen-bond donors (Lipinski definition) is 1. The van der Waals surface area contributed by atoms with Crippen LogP contribution < -0.4 is 5.32 Å². The lowest BCUT2D eigenvalue weighted by molar-refractivity contribution is -0.139. The molecule has 5 heteroatoms. The first-order chi connectivity index (χ1) is 16.0. The van der Waals surface area contributed by atoms with E-state index in [2.05, 4.69) is 55.6 Å². The van der Waals surface area contributed by atoms with Crippen LogP contribution in [0.15, 0.2) is 48.5 Å². The van der Waals surface area contributed by atoms with Gasteiger partial charge in [0.15, 0.2) is 0 Å². The second-order valence-electron chi connectivity index (χ2n) is 9.19. The Morgan fingerprint density at radius 3 is 2.39 bits per heavy atom. The molecule has 1 N–H and O–H groups in total. The van der Waals surface area contributed by atoms with Crippen molar-refractivity contribution in [2.75, 3.05) is 5.75 Å². The molecule has 0 unspecified atom stereocenters. The maximum Gasteiger partial charge on any atom is 0.243 e. The van der Waals surface area contributed by atoms with Crippen LogP contribution in [0.3, 0.4) is 0 Å². The Labute approximate surface area is 203 Å². The zero-order valence-corrected chi connectivity index (χ0v) is 21.1. The molecule has 2 aromatic rings. The third-order valence-corrected chi connectivity index (χ3v) is 7.52. The molecule has 0 bridgehead atoms. The van der Waals surface area contributed by atoms with Gasteiger partial charge in [0.25, 0.3) is 0 Å². The number of carbonyl (C=O) groups excluding carboxylic acids is 2. The van der Waals surface area contributed by atoms with Crippen molar-refractivity contribution in [1.82, 2.24) is 10.2 Å². The fraction of sp³-hybridized carbons (Fsp3) is 0.500. The molecule has 1 aliphatic rings. The van der Waals surface area contributed by atoms with E-state index in [4.69, 9.17) is 0 Å². The van der Waals surface area contributed by atoms with Gasteiger partial charge in [-0.1, -0.05) is 80.3 Å². The van der Waals surface area contributed by atoms with Crippen LogP contribution in [0.4, 0.5) is 0 Å². The third kappa shape index (κ3) is 7.63. The number of aryl methyl sites for hydroxylation is 2. The first-order valence-electron chi connectivity index (χ1n) is 12.3. The molecule has 0 saturated heterocycles. The SMILES string of the molecule is CC[C@@H](C(=O)NC1CCCCC1)N(Cc1ccc(C)cc1)C(=O)CSCc1ccccc1C. The van der Waals surface area contributed by atoms with Gasteiger partial charge in [0, 0.05) is 18.3 Å². The molecule has 33 heavy (non-hydrogen) atoms. The Kier molecular flexibility index (Phi) is 9.86. The van der Waals surface area contributed by atoms with Gasteiger partial charge in [0.2, 0.25) is 11.8 Å². The van der Waals surface area contributed by atoms with E-state index in [0.717, 1.165) is 24.2 Å². The second kappa shape index (κ2) is 12.8. The number of hydrogen-bond acceptors (Lipinski definition) is 3. The van der Waals surface area contributed by atoms with Gasteiger partial charge in [0.05, 0.1) is 5.75 Å². The Bertz CT molecular complexity index is 906. The Balaban J connectivity index is 1.70. The summed E-state index contributed by atoms with van der Waals surface area (Å²) in [7, 11) is 0. The van der Waals surface area contributed by atoms with Crippen molar-refractivity contribution < 1.29 is 9.59 Å². The summed E-state index contributed by atoms with van der Waals surface area (Å²) in [6.45, 7) is 6.62. The number of rotatable bonds is 10. The Hall–Kier alpha value is -2.27. The van der Waals surface area contributed by atoms with Crippen LogP contribution in [0.25, 0.3) is 0 Å². The highest BCUT2D eigenvalue weighted by Crippen LogP contribution is 2.21. The van der Waals surface area contributed by atoms with Crippen molar-refractivity contribution >= 4 is 23.6 Å². The molecule has 178 valence electrons. The summed E-state index contributed by atoms with van der Waals surface area (Å²) in [5, 5.41) is 3.25. The monoisotopic (exact) mass is 466 g/mol. The van der Waals surface area contributed by atoms with E-state index < -0.39 is 6.04 Å². The molecule has 2 aromatic carbocycles. The van der Waals surface area contributed by atoms with Crippen molar-refractivity contribution in [1.29, 1.82) is 0 Å². The van der Waals surface area contributed by atoms with Crippen LogP contribution in [0.1, 0.15) is 67.7 Å². The number of thioether (sulfide) groups is 1. The van der Waals surface area contributed by atoms with E-state index in [1.807, 2.05) is 19.1 Å². The smallest absolute Gasteiger partial charge is 0.243 e. The predicted octanol–water partition coefficient (Wildman–Crippen LogP) is 5.79. The maximum absolute atomic E-state index is 13.4. The molecule has 1 atom stereocenters. The van der Waals surface area contributed by atoms with E-state index in [1.165, 1.54) is 36.0 Å². The average molecular weight is 467 g/mol. The zero-order valence-electron chi connectivity index (χ0n) is 20.3. The third-order valence-electron chi connectivity index (χ3n) is 6.56. The van der Waals surface area contributed by atoms with Crippen LogP contribution in [0.5, 0.6) is 0 Å². The number of benzene rings is 2. The Morgan fingerprint density at radius 1 is 1.03 bits per heavy atom. The molecule has 2 amide bonds. The van der Waals surface area contributed by atoms with Gasteiger partial charge in [-0.25, -0.2) is 0 Å². The zero-order chi connectivity index (χ0) is 23.6. The average Bonchev–Trinajstić information content (AvgIpc) is 2.82. The summed E-state index contributed by atoms with van der Waals surface area (Å²) >= 11 is 1.62. The number of amides is 2. The van der Waals surface area contributed by atoms with Crippen molar-refractivity contribution in [3.05, 3.63) is 70.8 Å². The molecule has 3 rings (SSSR count). The standard InChI is InChI=1S/C28H38N2O2S/c1-4-26(28(32)29-25-12-6-5-7-13-25)30(18-23-16-14-21(2)15-17-23)27(31)20-33-19-24-11-9-8-10-22(24)3/h8-11,14-17,25-26H,4-7,12-13,18-20H2,1-3H3,(H,29,32)/t26-/m0/s1. The topological polar surface area (TPSA) is 49.4 Å². The number of nitrogens with one attached hydrogen (secondary N) is 1. The first kappa shape index (κ1) is 25.4. The van der Waals surface area contributed by atoms with Crippen molar-refractivity contribution in [3.63, 3.8) is 0 Å².